The second kappa shape index (κ2) is 14.7. The summed E-state index contributed by atoms with van der Waals surface area (Å²) in [6, 6.07) is 14.6. The van der Waals surface area contributed by atoms with Gasteiger partial charge in [-0.25, -0.2) is 0 Å². The molecule has 18 rings (SSSR count). The Morgan fingerprint density at radius 3 is 1.41 bits per heavy atom. The minimum Gasteiger partial charge on any atom is -0.394 e. The number of aromatic nitrogens is 1. The largest absolute Gasteiger partial charge is 0.394 e. The highest BCUT2D eigenvalue weighted by Gasteiger charge is 2.67. The van der Waals surface area contributed by atoms with Crippen LogP contribution in [-0.4, -0.2) is 157 Å². The van der Waals surface area contributed by atoms with E-state index in [0.29, 0.717) is 19.7 Å². The number of aryl methyl sites for hydroxylation is 2. The number of ether oxygens (including phenoxy) is 4. The Hall–Kier alpha value is -4.36. The Bertz CT molecular complexity index is 3430. The summed E-state index contributed by atoms with van der Waals surface area (Å²) in [6.07, 6.45) is -2.75. The standard InChI is InChI=1S/C42H31NO6.C12H23NO6.C2H6/c44-15-24-41(47)5-6-42(49-24,40(46)39(41)45)48-8-7-43-37-18-3-4-19-12-23-14-21-10-17-2-1-16-9-20-13-22(11-18)29-27(20)31-25(16)26(17)32-28(21)30(23)36(38(19)43)34(33(31)32)35(29)37;1-13(2)5-6-18-12-4-3-11(17,8(7-14)19-12)9(15)10(12)16;1-2/h1-2,9-12,24,39-40,44-47H,3-8,13-15H2;8-10,14-17H,3-7H2,1-2H3;1-2H3. The Morgan fingerprint density at radius 1 is 0.543 bits per heavy atom. The molecule has 4 aliphatic carbocycles. The Kier molecular flexibility index (Phi) is 9.29. The smallest absolute Gasteiger partial charge is 0.197 e. The van der Waals surface area contributed by atoms with Gasteiger partial charge in [0.05, 0.1) is 37.5 Å². The maximum absolute atomic E-state index is 11.2. The summed E-state index contributed by atoms with van der Waals surface area (Å²) in [6.45, 7) is 4.86. The summed E-state index contributed by atoms with van der Waals surface area (Å²) in [5.74, 6) is -2.83. The lowest BCUT2D eigenvalue weighted by Gasteiger charge is -2.58. The predicted molar refractivity (Wildman–Crippen MR) is 266 cm³/mol. The second-order valence-corrected chi connectivity index (χ2v) is 21.6. The van der Waals surface area contributed by atoms with Gasteiger partial charge in [0.15, 0.2) is 11.6 Å². The molecular weight excluding hydrogens is 893 g/mol. The zero-order valence-electron chi connectivity index (χ0n) is 39.9. The fourth-order valence-electron chi connectivity index (χ4n) is 15.0. The minimum absolute atomic E-state index is 0.182. The van der Waals surface area contributed by atoms with Crippen LogP contribution in [0.25, 0.3) is 86.4 Å². The lowest BCUT2D eigenvalue weighted by molar-refractivity contribution is -0.417. The molecule has 6 fully saturated rings. The fraction of sp³-hybridized carbons (Fsp3) is 0.500. The van der Waals surface area contributed by atoms with Gasteiger partial charge in [-0.15, -0.1) is 0 Å². The molecule has 14 heteroatoms. The number of aliphatic hydroxyl groups excluding tert-OH is 6. The van der Waals surface area contributed by atoms with Crippen LogP contribution in [-0.2, 0) is 51.2 Å². The monoisotopic (exact) mass is 952 g/mol. The maximum Gasteiger partial charge on any atom is 0.197 e. The molecule has 1 aromatic heterocycles. The second-order valence-electron chi connectivity index (χ2n) is 21.6. The number of pyridine rings is 1. The molecule has 6 heterocycles. The summed E-state index contributed by atoms with van der Waals surface area (Å²) in [5, 5.41) is 103. The molecule has 10 unspecified atom stereocenters. The molecule has 8 N–H and O–H groups in total. The van der Waals surface area contributed by atoms with Gasteiger partial charge in [0.1, 0.15) is 47.8 Å². The van der Waals surface area contributed by atoms with Crippen LogP contribution >= 0.6 is 0 Å². The molecule has 8 aromatic carbocycles. The first-order chi connectivity index (χ1) is 33.8. The Balaban J connectivity index is 0.000000186. The lowest BCUT2D eigenvalue weighted by atomic mass is 9.70. The predicted octanol–water partition coefficient (Wildman–Crippen LogP) is 4.65. The first-order valence-corrected chi connectivity index (χ1v) is 25.4. The third-order valence-electron chi connectivity index (χ3n) is 18.2. The highest BCUT2D eigenvalue weighted by atomic mass is 16.7. The minimum atomic E-state index is -1.69. The maximum atomic E-state index is 11.2. The van der Waals surface area contributed by atoms with Gasteiger partial charge in [0, 0.05) is 47.5 Å². The average molecular weight is 953 g/mol. The molecule has 9 aliphatic rings. The van der Waals surface area contributed by atoms with Crippen LogP contribution in [0.3, 0.4) is 0 Å². The van der Waals surface area contributed by atoms with Crippen molar-refractivity contribution in [2.24, 2.45) is 0 Å². The van der Waals surface area contributed by atoms with Crippen molar-refractivity contribution in [2.75, 3.05) is 47.1 Å². The van der Waals surface area contributed by atoms with Gasteiger partial charge in [-0.2, -0.15) is 0 Å². The summed E-state index contributed by atoms with van der Waals surface area (Å²) in [7, 11) is 3.79. The van der Waals surface area contributed by atoms with Crippen molar-refractivity contribution in [1.82, 2.24) is 9.47 Å². The molecule has 5 aliphatic heterocycles. The fourth-order valence-corrected chi connectivity index (χ4v) is 15.0. The third kappa shape index (κ3) is 5.18. The van der Waals surface area contributed by atoms with Gasteiger partial charge >= 0.3 is 0 Å². The molecule has 2 saturated carbocycles. The van der Waals surface area contributed by atoms with Gasteiger partial charge in [-0.05, 0) is 140 Å². The van der Waals surface area contributed by atoms with Crippen LogP contribution in [0.4, 0.5) is 0 Å². The average Bonchev–Trinajstić information content (AvgIpc) is 4.01. The zero-order valence-corrected chi connectivity index (χ0v) is 39.9. The normalized spacial score (nSPS) is 32.5. The highest BCUT2D eigenvalue weighted by Crippen LogP contribution is 2.61. The molecule has 366 valence electrons. The van der Waals surface area contributed by atoms with Gasteiger partial charge in [0.25, 0.3) is 0 Å². The molecule has 6 bridgehead atoms. The molecule has 9 aromatic rings. The third-order valence-corrected chi connectivity index (χ3v) is 18.2. The molecule has 10 atom stereocenters. The molecule has 0 radical (unpaired) electrons. The van der Waals surface area contributed by atoms with Crippen molar-refractivity contribution in [2.45, 2.75) is 131 Å². The van der Waals surface area contributed by atoms with Crippen LogP contribution in [0.15, 0.2) is 36.4 Å². The van der Waals surface area contributed by atoms with Crippen LogP contribution in [0.2, 0.25) is 0 Å². The van der Waals surface area contributed by atoms with Crippen LogP contribution in [0.1, 0.15) is 72.9 Å². The summed E-state index contributed by atoms with van der Waals surface area (Å²) >= 11 is 0. The number of hydrogen-bond acceptors (Lipinski definition) is 13. The van der Waals surface area contributed by atoms with Crippen molar-refractivity contribution in [1.29, 1.82) is 0 Å². The Labute approximate surface area is 402 Å². The molecule has 0 amide bonds. The Morgan fingerprint density at radius 2 is 0.957 bits per heavy atom. The molecule has 14 nitrogen and oxygen atoms in total. The summed E-state index contributed by atoms with van der Waals surface area (Å²) in [5.41, 5.74) is 7.85. The van der Waals surface area contributed by atoms with Crippen LogP contribution in [0, 0.1) is 0 Å². The van der Waals surface area contributed by atoms with Gasteiger partial charge in [-0.3, -0.25) is 0 Å². The number of likely N-dealkylation sites (N-methyl/N-ethyl adjacent to an activating group) is 1. The summed E-state index contributed by atoms with van der Waals surface area (Å²) in [4.78, 5) is 1.92. The van der Waals surface area contributed by atoms with Gasteiger partial charge in [-0.1, -0.05) is 50.2 Å². The summed E-state index contributed by atoms with van der Waals surface area (Å²) < 4.78 is 26.3. The van der Waals surface area contributed by atoms with Crippen molar-refractivity contribution < 1.29 is 59.8 Å². The van der Waals surface area contributed by atoms with Crippen molar-refractivity contribution >= 4 is 86.4 Å². The van der Waals surface area contributed by atoms with E-state index < -0.39 is 72.6 Å². The number of nitrogens with zero attached hydrogens (tertiary/aromatic N) is 2. The van der Waals surface area contributed by atoms with E-state index in [4.69, 9.17) is 18.9 Å². The van der Waals surface area contributed by atoms with E-state index in [1.807, 2.05) is 32.8 Å². The topological polar surface area (TPSA) is 207 Å². The van der Waals surface area contributed by atoms with E-state index in [9.17, 15) is 40.9 Å². The first-order valence-electron chi connectivity index (χ1n) is 25.4. The van der Waals surface area contributed by atoms with E-state index in [-0.39, 0.29) is 32.3 Å². The highest BCUT2D eigenvalue weighted by molar-refractivity contribution is 6.55. The number of rotatable bonds is 10. The number of benzene rings is 7. The first kappa shape index (κ1) is 44.3. The van der Waals surface area contributed by atoms with E-state index in [1.165, 1.54) is 120 Å². The number of fused-ring (bicyclic) bond motifs is 6. The van der Waals surface area contributed by atoms with Gasteiger partial charge in [0.2, 0.25) is 0 Å². The molecule has 70 heavy (non-hydrogen) atoms. The van der Waals surface area contributed by atoms with Crippen LogP contribution in [0.5, 0.6) is 0 Å². The van der Waals surface area contributed by atoms with E-state index in [2.05, 4.69) is 41.0 Å². The van der Waals surface area contributed by atoms with Crippen LogP contribution < -0.4 is 0 Å². The van der Waals surface area contributed by atoms with Crippen molar-refractivity contribution in [3.8, 4) is 0 Å². The molecule has 0 spiro atoms. The van der Waals surface area contributed by atoms with E-state index >= 15 is 0 Å². The number of hydrogen-bond donors (Lipinski definition) is 8. The quantitative estimate of drug-likeness (QED) is 0.0696. The molecule has 4 saturated heterocycles. The SMILES string of the molecule is CC.CN(C)CCOC12CCC(O)(C(CO)O1)C(O)C2O.OCC1OC2(OCCn3c4c5cc6c7c8c(cc9ccc%10cc%11c%12c%13c(cc(c3c%13c(c3c8c9c%10c%123)c74)CC5)C%11)C6)CCC1(O)C(O)C2O. The number of aliphatic hydroxyl groups is 8. The van der Waals surface area contributed by atoms with Crippen molar-refractivity contribution in [3.05, 3.63) is 69.8 Å². The van der Waals surface area contributed by atoms with E-state index in [0.717, 1.165) is 25.7 Å². The van der Waals surface area contributed by atoms with Crippen molar-refractivity contribution in [3.63, 3.8) is 0 Å². The molecular formula is C56H60N2O12. The lowest BCUT2D eigenvalue weighted by Crippen LogP contribution is -2.76. The van der Waals surface area contributed by atoms with E-state index in [1.54, 1.807) is 0 Å². The zero-order chi connectivity index (χ0) is 48.3. The van der Waals surface area contributed by atoms with Gasteiger partial charge < -0.3 is 69.3 Å².